The van der Waals surface area contributed by atoms with E-state index in [4.69, 9.17) is 0 Å². The van der Waals surface area contributed by atoms with Gasteiger partial charge in [0.1, 0.15) is 0 Å². The number of hydrogen-bond acceptors (Lipinski definition) is 5. The van der Waals surface area contributed by atoms with Gasteiger partial charge in [0.15, 0.2) is 9.84 Å². The van der Waals surface area contributed by atoms with Gasteiger partial charge in [-0.15, -0.1) is 0 Å². The van der Waals surface area contributed by atoms with Gasteiger partial charge in [-0.1, -0.05) is 24.3 Å². The first-order valence-electron chi connectivity index (χ1n) is 6.95. The molecule has 1 heterocycles. The van der Waals surface area contributed by atoms with Crippen LogP contribution in [0.15, 0.2) is 58.2 Å². The van der Waals surface area contributed by atoms with Crippen LogP contribution in [0.2, 0.25) is 0 Å². The van der Waals surface area contributed by atoms with Gasteiger partial charge in [-0.25, -0.2) is 13.4 Å². The second kappa shape index (κ2) is 5.85. The molecule has 1 aromatic heterocycles. The lowest BCUT2D eigenvalue weighted by Gasteiger charge is -2.07. The lowest BCUT2D eigenvalue weighted by Crippen LogP contribution is -2.13. The van der Waals surface area contributed by atoms with Crippen molar-refractivity contribution >= 4 is 26.7 Å². The Labute approximate surface area is 133 Å². The van der Waals surface area contributed by atoms with Crippen LogP contribution in [0.4, 0.5) is 5.95 Å². The average molecular weight is 329 g/mol. The molecule has 0 aliphatic carbocycles. The molecule has 0 saturated carbocycles. The summed E-state index contributed by atoms with van der Waals surface area (Å²) < 4.78 is 22.8. The number of rotatable bonds is 4. The lowest BCUT2D eigenvalue weighted by molar-refractivity contribution is 0.602. The molecular weight excluding hydrogens is 314 g/mol. The number of benzene rings is 2. The molecule has 3 rings (SSSR count). The molecule has 23 heavy (non-hydrogen) atoms. The molecule has 3 aromatic rings. The van der Waals surface area contributed by atoms with E-state index in [1.54, 1.807) is 42.5 Å². The van der Waals surface area contributed by atoms with Crippen LogP contribution in [-0.4, -0.2) is 24.6 Å². The summed E-state index contributed by atoms with van der Waals surface area (Å²) in [6, 6.07) is 13.7. The predicted molar refractivity (Wildman–Crippen MR) is 89.2 cm³/mol. The fourth-order valence-corrected chi connectivity index (χ4v) is 2.84. The number of fused-ring (bicyclic) bond motifs is 1. The summed E-state index contributed by atoms with van der Waals surface area (Å²) in [7, 11) is -3.20. The first-order valence-corrected chi connectivity index (χ1v) is 8.84. The first-order chi connectivity index (χ1) is 10.9. The molecule has 0 unspecified atom stereocenters. The molecule has 0 radical (unpaired) electrons. The third-order valence-electron chi connectivity index (χ3n) is 3.42. The lowest BCUT2D eigenvalue weighted by atomic mass is 10.2. The number of aromatic amines is 1. The van der Waals surface area contributed by atoms with Crippen LogP contribution in [0, 0.1) is 0 Å². The second-order valence-corrected chi connectivity index (χ2v) is 7.22. The van der Waals surface area contributed by atoms with E-state index in [1.165, 1.54) is 6.26 Å². The van der Waals surface area contributed by atoms with Crippen LogP contribution in [0.1, 0.15) is 5.56 Å². The van der Waals surface area contributed by atoms with Crippen molar-refractivity contribution < 1.29 is 8.42 Å². The Morgan fingerprint density at radius 2 is 1.78 bits per heavy atom. The predicted octanol–water partition coefficient (Wildman–Crippen LogP) is 1.94. The fraction of sp³-hybridized carbons (Fsp3) is 0.125. The maximum absolute atomic E-state index is 12.0. The Morgan fingerprint density at radius 1 is 1.09 bits per heavy atom. The number of aromatic nitrogens is 2. The zero-order valence-corrected chi connectivity index (χ0v) is 13.2. The Morgan fingerprint density at radius 3 is 2.48 bits per heavy atom. The van der Waals surface area contributed by atoms with Gasteiger partial charge >= 0.3 is 0 Å². The highest BCUT2D eigenvalue weighted by atomic mass is 32.2. The third-order valence-corrected chi connectivity index (χ3v) is 4.55. The van der Waals surface area contributed by atoms with Gasteiger partial charge in [0.2, 0.25) is 5.95 Å². The quantitative estimate of drug-likeness (QED) is 0.763. The molecule has 2 aromatic carbocycles. The molecule has 0 aliphatic rings. The fourth-order valence-electron chi connectivity index (χ4n) is 2.21. The minimum absolute atomic E-state index is 0.203. The second-order valence-electron chi connectivity index (χ2n) is 5.20. The number of anilines is 1. The van der Waals surface area contributed by atoms with Crippen molar-refractivity contribution in [2.45, 2.75) is 11.4 Å². The number of hydrogen-bond donors (Lipinski definition) is 2. The Bertz CT molecular complexity index is 1010. The average Bonchev–Trinajstić information content (AvgIpc) is 2.52. The highest BCUT2D eigenvalue weighted by Gasteiger charge is 2.06. The zero-order chi connectivity index (χ0) is 16.4. The van der Waals surface area contributed by atoms with Gasteiger partial charge in [-0.3, -0.25) is 9.78 Å². The van der Waals surface area contributed by atoms with E-state index in [-0.39, 0.29) is 10.5 Å². The van der Waals surface area contributed by atoms with Gasteiger partial charge in [0.25, 0.3) is 5.56 Å². The highest BCUT2D eigenvalue weighted by Crippen LogP contribution is 2.12. The normalized spacial score (nSPS) is 11.5. The van der Waals surface area contributed by atoms with E-state index in [2.05, 4.69) is 15.3 Å². The van der Waals surface area contributed by atoms with Crippen molar-refractivity contribution in [3.05, 3.63) is 64.4 Å². The third kappa shape index (κ3) is 3.40. The molecule has 0 fully saturated rings. The van der Waals surface area contributed by atoms with Crippen LogP contribution in [0.5, 0.6) is 0 Å². The van der Waals surface area contributed by atoms with Crippen molar-refractivity contribution in [1.82, 2.24) is 9.97 Å². The van der Waals surface area contributed by atoms with Crippen molar-refractivity contribution in [2.75, 3.05) is 11.6 Å². The largest absolute Gasteiger partial charge is 0.352 e. The number of para-hydroxylation sites is 1. The standard InChI is InChI=1S/C16H15N3O3S/c1-23(21,22)12-8-6-11(7-9-12)10-17-16-18-14-5-3-2-4-13(14)15(20)19-16/h2-9H,10H2,1H3,(H2,17,18,19,20). The van der Waals surface area contributed by atoms with Gasteiger partial charge in [-0.05, 0) is 29.8 Å². The van der Waals surface area contributed by atoms with Crippen molar-refractivity contribution in [2.24, 2.45) is 0 Å². The molecule has 0 atom stereocenters. The number of nitrogens with zero attached hydrogens (tertiary/aromatic N) is 1. The van der Waals surface area contributed by atoms with Crippen molar-refractivity contribution in [3.8, 4) is 0 Å². The topological polar surface area (TPSA) is 91.9 Å². The molecule has 0 spiro atoms. The van der Waals surface area contributed by atoms with Crippen LogP contribution < -0.4 is 10.9 Å². The summed E-state index contributed by atoms with van der Waals surface area (Å²) >= 11 is 0. The van der Waals surface area contributed by atoms with E-state index >= 15 is 0 Å². The first kappa shape index (κ1) is 15.2. The number of nitrogens with one attached hydrogen (secondary N) is 2. The molecule has 0 bridgehead atoms. The maximum atomic E-state index is 12.0. The van der Waals surface area contributed by atoms with Crippen molar-refractivity contribution in [1.29, 1.82) is 0 Å². The highest BCUT2D eigenvalue weighted by molar-refractivity contribution is 7.90. The molecule has 0 saturated heterocycles. The summed E-state index contributed by atoms with van der Waals surface area (Å²) in [4.78, 5) is 19.3. The van der Waals surface area contributed by atoms with Gasteiger partial charge in [0, 0.05) is 12.8 Å². The monoisotopic (exact) mass is 329 g/mol. The van der Waals surface area contributed by atoms with Gasteiger partial charge < -0.3 is 5.32 Å². The summed E-state index contributed by atoms with van der Waals surface area (Å²) in [5, 5.41) is 3.57. The van der Waals surface area contributed by atoms with E-state index in [1.807, 2.05) is 6.07 Å². The van der Waals surface area contributed by atoms with Gasteiger partial charge in [-0.2, -0.15) is 0 Å². The molecule has 0 amide bonds. The maximum Gasteiger partial charge on any atom is 0.260 e. The van der Waals surface area contributed by atoms with E-state index in [9.17, 15) is 13.2 Å². The molecule has 7 heteroatoms. The summed E-state index contributed by atoms with van der Waals surface area (Å²) in [5.74, 6) is 0.376. The smallest absolute Gasteiger partial charge is 0.260 e. The summed E-state index contributed by atoms with van der Waals surface area (Å²) in [6.07, 6.45) is 1.17. The van der Waals surface area contributed by atoms with Crippen molar-refractivity contribution in [3.63, 3.8) is 0 Å². The van der Waals surface area contributed by atoms with Gasteiger partial charge in [0.05, 0.1) is 15.8 Å². The molecule has 2 N–H and O–H groups in total. The Balaban J connectivity index is 1.79. The molecule has 0 aliphatic heterocycles. The zero-order valence-electron chi connectivity index (χ0n) is 12.4. The van der Waals surface area contributed by atoms with E-state index in [0.29, 0.717) is 23.4 Å². The summed E-state index contributed by atoms with van der Waals surface area (Å²) in [5.41, 5.74) is 1.30. The van der Waals surface area contributed by atoms with Crippen LogP contribution in [0.3, 0.4) is 0 Å². The Kier molecular flexibility index (Phi) is 3.87. The van der Waals surface area contributed by atoms with Crippen LogP contribution >= 0.6 is 0 Å². The van der Waals surface area contributed by atoms with E-state index in [0.717, 1.165) is 5.56 Å². The summed E-state index contributed by atoms with van der Waals surface area (Å²) in [6.45, 7) is 0.422. The Hall–Kier alpha value is -2.67. The number of sulfone groups is 1. The van der Waals surface area contributed by atoms with Crippen LogP contribution in [0.25, 0.3) is 10.9 Å². The molecule has 118 valence electrons. The number of H-pyrrole nitrogens is 1. The minimum Gasteiger partial charge on any atom is -0.352 e. The van der Waals surface area contributed by atoms with E-state index < -0.39 is 9.84 Å². The molecule has 6 nitrogen and oxygen atoms in total. The molecular formula is C16H15N3O3S. The van der Waals surface area contributed by atoms with Crippen LogP contribution in [-0.2, 0) is 16.4 Å². The minimum atomic E-state index is -3.20. The SMILES string of the molecule is CS(=O)(=O)c1ccc(CNc2nc3ccccc3c(=O)[nH]2)cc1.